The van der Waals surface area contributed by atoms with Crippen molar-refractivity contribution in [3.8, 4) is 0 Å². The van der Waals surface area contributed by atoms with Crippen molar-refractivity contribution in [1.82, 2.24) is 4.90 Å². The van der Waals surface area contributed by atoms with E-state index in [1.165, 1.54) is 0 Å². The number of nitrogens with zero attached hydrogens (tertiary/aromatic N) is 2. The summed E-state index contributed by atoms with van der Waals surface area (Å²) in [4.78, 5) is 15.7. The maximum Gasteiger partial charge on any atom is 0.391 e. The first kappa shape index (κ1) is 19.9. The standard InChI is InChI=1S/C21H21ClF3N3O/c1-27-12-13-10-16(11-18(22)19(13)20(27)29)26-15-2-4-17(5-3-15)28-8-6-14(7-9-28)21(23,24)25/h2-5,10-11,14,26H,6-9,12H2,1H3. The lowest BCUT2D eigenvalue weighted by Gasteiger charge is -2.34. The highest BCUT2D eigenvalue weighted by Crippen LogP contribution is 2.36. The molecule has 2 aliphatic rings. The van der Waals surface area contributed by atoms with Crippen molar-refractivity contribution in [2.45, 2.75) is 25.6 Å². The Labute approximate surface area is 172 Å². The van der Waals surface area contributed by atoms with Crippen LogP contribution in [0.4, 0.5) is 30.2 Å². The molecule has 0 bridgehead atoms. The molecular formula is C21H21ClF3N3O. The molecule has 0 radical (unpaired) electrons. The van der Waals surface area contributed by atoms with Crippen LogP contribution in [0.3, 0.4) is 0 Å². The second-order valence-corrected chi connectivity index (χ2v) is 8.04. The molecule has 0 unspecified atom stereocenters. The van der Waals surface area contributed by atoms with Gasteiger partial charge in [-0.1, -0.05) is 11.6 Å². The molecule has 0 aliphatic carbocycles. The van der Waals surface area contributed by atoms with Gasteiger partial charge in [0.1, 0.15) is 0 Å². The number of benzene rings is 2. The van der Waals surface area contributed by atoms with Gasteiger partial charge in [0, 0.05) is 43.7 Å². The van der Waals surface area contributed by atoms with Crippen LogP contribution >= 0.6 is 11.6 Å². The van der Waals surface area contributed by atoms with Crippen LogP contribution in [0.1, 0.15) is 28.8 Å². The molecular weight excluding hydrogens is 403 g/mol. The second kappa shape index (κ2) is 7.44. The summed E-state index contributed by atoms with van der Waals surface area (Å²) in [6, 6.07) is 11.2. The summed E-state index contributed by atoms with van der Waals surface area (Å²) in [6.45, 7) is 1.33. The number of carbonyl (C=O) groups excluding carboxylic acids is 1. The summed E-state index contributed by atoms with van der Waals surface area (Å²) in [7, 11) is 1.74. The van der Waals surface area contributed by atoms with Gasteiger partial charge >= 0.3 is 6.18 Å². The molecule has 2 aromatic carbocycles. The van der Waals surface area contributed by atoms with Crippen LogP contribution in [0.25, 0.3) is 0 Å². The van der Waals surface area contributed by atoms with Crippen molar-refractivity contribution in [1.29, 1.82) is 0 Å². The lowest BCUT2D eigenvalue weighted by molar-refractivity contribution is -0.179. The lowest BCUT2D eigenvalue weighted by atomic mass is 9.96. The number of piperidine rings is 1. The van der Waals surface area contributed by atoms with Crippen LogP contribution in [0.15, 0.2) is 36.4 Å². The first-order valence-corrected chi connectivity index (χ1v) is 9.87. The van der Waals surface area contributed by atoms with Gasteiger partial charge in [-0.05, 0) is 54.8 Å². The van der Waals surface area contributed by atoms with E-state index < -0.39 is 12.1 Å². The molecule has 0 spiro atoms. The Morgan fingerprint density at radius 2 is 1.72 bits per heavy atom. The number of hydrogen-bond acceptors (Lipinski definition) is 3. The molecule has 1 saturated heterocycles. The monoisotopic (exact) mass is 423 g/mol. The highest BCUT2D eigenvalue weighted by atomic mass is 35.5. The zero-order chi connectivity index (χ0) is 20.8. The van der Waals surface area contributed by atoms with Gasteiger partial charge in [-0.3, -0.25) is 4.79 Å². The topological polar surface area (TPSA) is 35.6 Å². The molecule has 2 aliphatic heterocycles. The van der Waals surface area contributed by atoms with Crippen LogP contribution < -0.4 is 10.2 Å². The van der Waals surface area contributed by atoms with E-state index in [-0.39, 0.29) is 18.7 Å². The molecule has 1 fully saturated rings. The zero-order valence-corrected chi connectivity index (χ0v) is 16.6. The molecule has 1 amide bonds. The Hall–Kier alpha value is -2.41. The maximum absolute atomic E-state index is 12.8. The lowest BCUT2D eigenvalue weighted by Crippen LogP contribution is -2.38. The van der Waals surface area contributed by atoms with Crippen molar-refractivity contribution in [3.63, 3.8) is 0 Å². The summed E-state index contributed by atoms with van der Waals surface area (Å²) < 4.78 is 38.5. The van der Waals surface area contributed by atoms with Crippen molar-refractivity contribution < 1.29 is 18.0 Å². The minimum Gasteiger partial charge on any atom is -0.372 e. The average molecular weight is 424 g/mol. The fourth-order valence-electron chi connectivity index (χ4n) is 4.01. The van der Waals surface area contributed by atoms with E-state index in [4.69, 9.17) is 11.6 Å². The molecule has 29 heavy (non-hydrogen) atoms. The SMILES string of the molecule is CN1Cc2cc(Nc3ccc(N4CCC(C(F)(F)F)CC4)cc3)cc(Cl)c2C1=O. The van der Waals surface area contributed by atoms with Gasteiger partial charge in [-0.2, -0.15) is 13.2 Å². The van der Waals surface area contributed by atoms with Crippen LogP contribution in [0.2, 0.25) is 5.02 Å². The Bertz CT molecular complexity index is 922. The predicted octanol–water partition coefficient (Wildman–Crippen LogP) is 5.45. The number of nitrogens with one attached hydrogen (secondary N) is 1. The Morgan fingerprint density at radius 1 is 1.07 bits per heavy atom. The highest BCUT2D eigenvalue weighted by Gasteiger charge is 2.41. The van der Waals surface area contributed by atoms with Gasteiger partial charge in [0.05, 0.1) is 16.5 Å². The van der Waals surface area contributed by atoms with Gasteiger partial charge in [0.25, 0.3) is 5.91 Å². The fraction of sp³-hybridized carbons (Fsp3) is 0.381. The van der Waals surface area contributed by atoms with Gasteiger partial charge in [0.15, 0.2) is 0 Å². The largest absolute Gasteiger partial charge is 0.391 e. The molecule has 2 aromatic rings. The third-order valence-corrected chi connectivity index (χ3v) is 5.92. The molecule has 4 rings (SSSR count). The van der Waals surface area contributed by atoms with Gasteiger partial charge in [0.2, 0.25) is 0 Å². The third kappa shape index (κ3) is 4.01. The summed E-state index contributed by atoms with van der Waals surface area (Å²) in [5.74, 6) is -1.27. The molecule has 1 N–H and O–H groups in total. The molecule has 8 heteroatoms. The molecule has 2 heterocycles. The van der Waals surface area contributed by atoms with Crippen molar-refractivity contribution in [3.05, 3.63) is 52.5 Å². The van der Waals surface area contributed by atoms with Crippen molar-refractivity contribution in [2.75, 3.05) is 30.4 Å². The fourth-order valence-corrected chi connectivity index (χ4v) is 4.33. The smallest absolute Gasteiger partial charge is 0.372 e. The minimum absolute atomic E-state index is 0.0739. The summed E-state index contributed by atoms with van der Waals surface area (Å²) in [5, 5.41) is 3.70. The summed E-state index contributed by atoms with van der Waals surface area (Å²) in [6.07, 6.45) is -3.84. The number of anilines is 3. The summed E-state index contributed by atoms with van der Waals surface area (Å²) >= 11 is 6.30. The predicted molar refractivity (Wildman–Crippen MR) is 108 cm³/mol. The number of hydrogen-bond donors (Lipinski definition) is 1. The van der Waals surface area contributed by atoms with E-state index >= 15 is 0 Å². The Morgan fingerprint density at radius 3 is 2.34 bits per heavy atom. The molecule has 0 saturated carbocycles. The number of carbonyl (C=O) groups is 1. The zero-order valence-electron chi connectivity index (χ0n) is 15.9. The Kier molecular flexibility index (Phi) is 5.11. The molecule has 0 atom stereocenters. The van der Waals surface area contributed by atoms with Crippen LogP contribution in [0.5, 0.6) is 0 Å². The van der Waals surface area contributed by atoms with E-state index in [1.807, 2.05) is 35.2 Å². The van der Waals surface area contributed by atoms with Crippen LogP contribution in [0, 0.1) is 5.92 Å². The average Bonchev–Trinajstić information content (AvgIpc) is 2.96. The number of amides is 1. The van der Waals surface area contributed by atoms with Crippen LogP contribution in [-0.4, -0.2) is 37.1 Å². The van der Waals surface area contributed by atoms with Crippen molar-refractivity contribution in [2.24, 2.45) is 5.92 Å². The maximum atomic E-state index is 12.8. The third-order valence-electron chi connectivity index (χ3n) is 5.62. The Balaban J connectivity index is 1.43. The van der Waals surface area contributed by atoms with E-state index in [9.17, 15) is 18.0 Å². The van der Waals surface area contributed by atoms with Gasteiger partial charge in [-0.25, -0.2) is 0 Å². The first-order valence-electron chi connectivity index (χ1n) is 9.49. The van der Waals surface area contributed by atoms with E-state index in [0.29, 0.717) is 30.2 Å². The quantitative estimate of drug-likeness (QED) is 0.713. The number of rotatable bonds is 3. The summed E-state index contributed by atoms with van der Waals surface area (Å²) in [5.41, 5.74) is 3.98. The molecule has 4 nitrogen and oxygen atoms in total. The molecule has 0 aromatic heterocycles. The second-order valence-electron chi connectivity index (χ2n) is 7.63. The minimum atomic E-state index is -4.10. The van der Waals surface area contributed by atoms with E-state index in [0.717, 1.165) is 22.6 Å². The van der Waals surface area contributed by atoms with Crippen molar-refractivity contribution >= 4 is 34.6 Å². The number of alkyl halides is 3. The number of fused-ring (bicyclic) bond motifs is 1. The van der Waals surface area contributed by atoms with E-state index in [1.54, 1.807) is 18.0 Å². The first-order chi connectivity index (χ1) is 13.7. The highest BCUT2D eigenvalue weighted by molar-refractivity contribution is 6.34. The van der Waals surface area contributed by atoms with E-state index in [2.05, 4.69) is 5.32 Å². The van der Waals surface area contributed by atoms with Crippen LogP contribution in [-0.2, 0) is 6.54 Å². The molecule has 154 valence electrons. The number of halogens is 4. The normalized spacial score (nSPS) is 17.6. The van der Waals surface area contributed by atoms with Gasteiger partial charge < -0.3 is 15.1 Å². The van der Waals surface area contributed by atoms with Gasteiger partial charge in [-0.15, -0.1) is 0 Å².